The zero-order valence-electron chi connectivity index (χ0n) is 9.36. The third kappa shape index (κ3) is 3.35. The average Bonchev–Trinajstić information content (AvgIpc) is 3.11. The fraction of sp³-hybridized carbons (Fsp3) is 0.462. The smallest absolute Gasteiger partial charge is 0.237 e. The van der Waals surface area contributed by atoms with Crippen molar-refractivity contribution in [3.63, 3.8) is 0 Å². The Labute approximate surface area is 96.0 Å². The number of nitrogens with one attached hydrogen (secondary N) is 1. The predicted molar refractivity (Wildman–Crippen MR) is 63.6 cm³/mol. The predicted octanol–water partition coefficient (Wildman–Crippen LogP) is 1.43. The van der Waals surface area contributed by atoms with E-state index in [9.17, 15) is 4.79 Å². The summed E-state index contributed by atoms with van der Waals surface area (Å²) in [6.45, 7) is 0.567. The molecule has 0 unspecified atom stereocenters. The number of carbonyl (C=O) groups excluding carboxylic acids is 1. The summed E-state index contributed by atoms with van der Waals surface area (Å²) in [5.41, 5.74) is 6.92. The van der Waals surface area contributed by atoms with Gasteiger partial charge in [0.1, 0.15) is 0 Å². The molecule has 2 rings (SSSR count). The number of hydrogen-bond acceptors (Lipinski definition) is 2. The topological polar surface area (TPSA) is 55.1 Å². The molecule has 3 N–H and O–H groups in total. The molecule has 1 aromatic rings. The Morgan fingerprint density at radius 3 is 2.69 bits per heavy atom. The monoisotopic (exact) mass is 218 g/mol. The summed E-state index contributed by atoms with van der Waals surface area (Å²) < 4.78 is 0. The van der Waals surface area contributed by atoms with Crippen LogP contribution in [0.25, 0.3) is 0 Å². The third-order valence-corrected chi connectivity index (χ3v) is 2.93. The van der Waals surface area contributed by atoms with Gasteiger partial charge in [0.05, 0.1) is 6.04 Å². The molecule has 1 aliphatic rings. The Kier molecular flexibility index (Phi) is 3.57. The van der Waals surface area contributed by atoms with Gasteiger partial charge in [-0.15, -0.1) is 0 Å². The molecule has 3 heteroatoms. The van der Waals surface area contributed by atoms with Gasteiger partial charge in [0.15, 0.2) is 0 Å². The number of carbonyl (C=O) groups is 1. The van der Waals surface area contributed by atoms with Crippen molar-refractivity contribution < 1.29 is 4.79 Å². The van der Waals surface area contributed by atoms with Crippen LogP contribution in [0.5, 0.6) is 0 Å². The van der Waals surface area contributed by atoms with Crippen LogP contribution in [0.4, 0.5) is 0 Å². The van der Waals surface area contributed by atoms with E-state index in [1.165, 1.54) is 12.8 Å². The minimum Gasteiger partial charge on any atom is -0.351 e. The summed E-state index contributed by atoms with van der Waals surface area (Å²) in [6, 6.07) is 9.54. The van der Waals surface area contributed by atoms with Gasteiger partial charge in [0, 0.05) is 6.54 Å². The number of rotatable bonds is 5. The lowest BCUT2D eigenvalue weighted by atomic mass is 10.1. The third-order valence-electron chi connectivity index (χ3n) is 2.93. The van der Waals surface area contributed by atoms with Crippen LogP contribution in [0.15, 0.2) is 30.3 Å². The first-order valence-electron chi connectivity index (χ1n) is 5.83. The molecule has 1 aromatic carbocycles. The normalized spacial score (nSPS) is 16.8. The Bertz CT molecular complexity index is 346. The first-order valence-corrected chi connectivity index (χ1v) is 5.83. The molecule has 1 saturated carbocycles. The number of hydrogen-bond donors (Lipinski definition) is 2. The summed E-state index contributed by atoms with van der Waals surface area (Å²) >= 11 is 0. The van der Waals surface area contributed by atoms with Gasteiger partial charge >= 0.3 is 0 Å². The lowest BCUT2D eigenvalue weighted by Crippen LogP contribution is -2.40. The van der Waals surface area contributed by atoms with Crippen LogP contribution in [-0.4, -0.2) is 11.9 Å². The Balaban J connectivity index is 1.74. The highest BCUT2D eigenvalue weighted by Crippen LogP contribution is 2.33. The van der Waals surface area contributed by atoms with Crippen LogP contribution in [-0.2, 0) is 11.3 Å². The SMILES string of the molecule is N[C@@H](CC1CC1)C(=O)NCc1ccccc1. The minimum atomic E-state index is -0.337. The molecule has 0 radical (unpaired) electrons. The number of amides is 1. The highest BCUT2D eigenvalue weighted by molar-refractivity contribution is 5.81. The molecule has 0 aromatic heterocycles. The van der Waals surface area contributed by atoms with Crippen LogP contribution in [0.3, 0.4) is 0 Å². The quantitative estimate of drug-likeness (QED) is 0.785. The summed E-state index contributed by atoms with van der Waals surface area (Å²) in [7, 11) is 0. The number of nitrogens with two attached hydrogens (primary N) is 1. The maximum Gasteiger partial charge on any atom is 0.237 e. The fourth-order valence-corrected chi connectivity index (χ4v) is 1.74. The van der Waals surface area contributed by atoms with Gasteiger partial charge in [0.2, 0.25) is 5.91 Å². The fourth-order valence-electron chi connectivity index (χ4n) is 1.74. The van der Waals surface area contributed by atoms with Crippen molar-refractivity contribution in [2.24, 2.45) is 11.7 Å². The largest absolute Gasteiger partial charge is 0.351 e. The van der Waals surface area contributed by atoms with Crippen molar-refractivity contribution in [1.29, 1.82) is 0 Å². The van der Waals surface area contributed by atoms with E-state index in [1.807, 2.05) is 30.3 Å². The standard InChI is InChI=1S/C13H18N2O/c14-12(8-10-6-7-10)13(16)15-9-11-4-2-1-3-5-11/h1-5,10,12H,6-9,14H2,(H,15,16)/t12-/m0/s1. The van der Waals surface area contributed by atoms with Gasteiger partial charge < -0.3 is 11.1 Å². The second-order valence-electron chi connectivity index (χ2n) is 4.49. The van der Waals surface area contributed by atoms with Gasteiger partial charge in [-0.25, -0.2) is 0 Å². The summed E-state index contributed by atoms with van der Waals surface area (Å²) in [5, 5.41) is 2.87. The van der Waals surface area contributed by atoms with Crippen molar-refractivity contribution in [2.45, 2.75) is 31.8 Å². The van der Waals surface area contributed by atoms with Gasteiger partial charge in [-0.3, -0.25) is 4.79 Å². The molecule has 1 aliphatic carbocycles. The first kappa shape index (κ1) is 11.1. The molecule has 0 aliphatic heterocycles. The maximum absolute atomic E-state index is 11.6. The lowest BCUT2D eigenvalue weighted by Gasteiger charge is -2.11. The Hall–Kier alpha value is -1.35. The molecule has 1 amide bonds. The Morgan fingerprint density at radius 1 is 1.38 bits per heavy atom. The van der Waals surface area contributed by atoms with E-state index in [1.54, 1.807) is 0 Å². The van der Waals surface area contributed by atoms with Crippen LogP contribution in [0.2, 0.25) is 0 Å². The van der Waals surface area contributed by atoms with Crippen molar-refractivity contribution in [3.05, 3.63) is 35.9 Å². The van der Waals surface area contributed by atoms with E-state index in [-0.39, 0.29) is 11.9 Å². The highest BCUT2D eigenvalue weighted by atomic mass is 16.2. The van der Waals surface area contributed by atoms with Crippen LogP contribution in [0.1, 0.15) is 24.8 Å². The van der Waals surface area contributed by atoms with E-state index < -0.39 is 0 Å². The lowest BCUT2D eigenvalue weighted by molar-refractivity contribution is -0.122. The second-order valence-corrected chi connectivity index (χ2v) is 4.49. The molecule has 0 spiro atoms. The summed E-state index contributed by atoms with van der Waals surface area (Å²) in [6.07, 6.45) is 3.31. The zero-order chi connectivity index (χ0) is 11.4. The average molecular weight is 218 g/mol. The van der Waals surface area contributed by atoms with Crippen molar-refractivity contribution >= 4 is 5.91 Å². The van der Waals surface area contributed by atoms with Gasteiger partial charge in [-0.1, -0.05) is 43.2 Å². The molecule has 3 nitrogen and oxygen atoms in total. The van der Waals surface area contributed by atoms with Crippen molar-refractivity contribution in [2.75, 3.05) is 0 Å². The molecule has 1 fully saturated rings. The zero-order valence-corrected chi connectivity index (χ0v) is 9.36. The van der Waals surface area contributed by atoms with E-state index >= 15 is 0 Å². The van der Waals surface area contributed by atoms with Crippen molar-refractivity contribution in [3.8, 4) is 0 Å². The molecular weight excluding hydrogens is 200 g/mol. The second kappa shape index (κ2) is 5.12. The van der Waals surface area contributed by atoms with Crippen molar-refractivity contribution in [1.82, 2.24) is 5.32 Å². The van der Waals surface area contributed by atoms with Crippen LogP contribution < -0.4 is 11.1 Å². The molecule has 86 valence electrons. The molecular formula is C13H18N2O. The van der Waals surface area contributed by atoms with E-state index in [4.69, 9.17) is 5.73 Å². The molecule has 0 saturated heterocycles. The first-order chi connectivity index (χ1) is 7.75. The molecule has 0 bridgehead atoms. The van der Waals surface area contributed by atoms with E-state index in [2.05, 4.69) is 5.32 Å². The summed E-state index contributed by atoms with van der Waals surface area (Å²) in [4.78, 5) is 11.6. The minimum absolute atomic E-state index is 0.0317. The number of benzene rings is 1. The highest BCUT2D eigenvalue weighted by Gasteiger charge is 2.26. The van der Waals surface area contributed by atoms with Crippen LogP contribution in [0, 0.1) is 5.92 Å². The molecule has 0 heterocycles. The van der Waals surface area contributed by atoms with Gasteiger partial charge in [-0.05, 0) is 17.9 Å². The van der Waals surface area contributed by atoms with Gasteiger partial charge in [0.25, 0.3) is 0 Å². The van der Waals surface area contributed by atoms with E-state index in [0.717, 1.165) is 12.0 Å². The van der Waals surface area contributed by atoms with E-state index in [0.29, 0.717) is 12.5 Å². The molecule has 16 heavy (non-hydrogen) atoms. The Morgan fingerprint density at radius 2 is 2.06 bits per heavy atom. The van der Waals surface area contributed by atoms with Crippen LogP contribution >= 0.6 is 0 Å². The summed E-state index contributed by atoms with van der Waals surface area (Å²) in [5.74, 6) is 0.660. The van der Waals surface area contributed by atoms with Gasteiger partial charge in [-0.2, -0.15) is 0 Å². The molecule has 1 atom stereocenters. The maximum atomic E-state index is 11.6.